The van der Waals surface area contributed by atoms with Crippen LogP contribution in [0.5, 0.6) is 0 Å². The topological polar surface area (TPSA) is 90.8 Å². The van der Waals surface area contributed by atoms with E-state index in [1.54, 1.807) is 30.1 Å². The number of carbonyl (C=O) groups is 1. The van der Waals surface area contributed by atoms with Gasteiger partial charge in [0.05, 0.1) is 11.5 Å². The van der Waals surface area contributed by atoms with Crippen molar-refractivity contribution in [2.75, 3.05) is 57.8 Å². The van der Waals surface area contributed by atoms with Gasteiger partial charge in [0.2, 0.25) is 5.91 Å². The van der Waals surface area contributed by atoms with Gasteiger partial charge in [-0.2, -0.15) is 0 Å². The highest BCUT2D eigenvalue weighted by molar-refractivity contribution is 5.82. The molecule has 1 aliphatic heterocycles. The smallest absolute Gasteiger partial charge is 0.292 e. The maximum atomic E-state index is 12.0. The number of amides is 1. The van der Waals surface area contributed by atoms with Gasteiger partial charge in [0, 0.05) is 45.8 Å². The number of nitro benzene ring substituents is 1. The highest BCUT2D eigenvalue weighted by Gasteiger charge is 2.17. The summed E-state index contributed by atoms with van der Waals surface area (Å²) in [6, 6.07) is 6.43. The summed E-state index contributed by atoms with van der Waals surface area (Å²) in [5.74, 6) is -0.129. The van der Waals surface area contributed by atoms with Crippen molar-refractivity contribution in [3.05, 3.63) is 34.4 Å². The number of piperazine rings is 1. The Labute approximate surface area is 142 Å². The summed E-state index contributed by atoms with van der Waals surface area (Å²) in [6.07, 6.45) is 0.904. The van der Waals surface area contributed by atoms with Gasteiger partial charge in [0.1, 0.15) is 5.69 Å². The number of likely N-dealkylation sites (N-methyl/N-ethyl adjacent to an activating group) is 1. The zero-order valence-corrected chi connectivity index (χ0v) is 14.0. The molecule has 1 heterocycles. The zero-order chi connectivity index (χ0) is 17.4. The van der Waals surface area contributed by atoms with Gasteiger partial charge in [-0.3, -0.25) is 14.9 Å². The van der Waals surface area contributed by atoms with Crippen molar-refractivity contribution in [2.24, 2.45) is 0 Å². The fourth-order valence-corrected chi connectivity index (χ4v) is 2.76. The summed E-state index contributed by atoms with van der Waals surface area (Å²) < 4.78 is 0. The number of anilines is 1. The maximum absolute atomic E-state index is 12.0. The first-order valence-electron chi connectivity index (χ1n) is 8.22. The molecule has 1 amide bonds. The molecule has 0 bridgehead atoms. The van der Waals surface area contributed by atoms with E-state index < -0.39 is 4.92 Å². The van der Waals surface area contributed by atoms with Crippen LogP contribution in [0.25, 0.3) is 0 Å². The van der Waals surface area contributed by atoms with E-state index in [1.807, 2.05) is 0 Å². The summed E-state index contributed by atoms with van der Waals surface area (Å²) >= 11 is 0. The van der Waals surface area contributed by atoms with Gasteiger partial charge >= 0.3 is 0 Å². The molecule has 24 heavy (non-hydrogen) atoms. The van der Waals surface area contributed by atoms with Crippen LogP contribution < -0.4 is 15.5 Å². The van der Waals surface area contributed by atoms with Crippen molar-refractivity contribution in [3.8, 4) is 0 Å². The first-order valence-corrected chi connectivity index (χ1v) is 8.22. The molecular weight excluding hydrogens is 310 g/mol. The molecule has 8 heteroatoms. The minimum Gasteiger partial charge on any atom is -0.360 e. The molecule has 0 aromatic heterocycles. The van der Waals surface area contributed by atoms with Crippen molar-refractivity contribution in [1.29, 1.82) is 0 Å². The van der Waals surface area contributed by atoms with E-state index in [-0.39, 0.29) is 18.1 Å². The highest BCUT2D eigenvalue weighted by atomic mass is 16.6. The van der Waals surface area contributed by atoms with Crippen LogP contribution in [0, 0.1) is 10.1 Å². The molecular formula is C16H25N5O3. The second kappa shape index (κ2) is 9.19. The predicted octanol–water partition coefficient (Wildman–Crippen LogP) is 0.443. The molecule has 8 nitrogen and oxygen atoms in total. The van der Waals surface area contributed by atoms with E-state index in [0.717, 1.165) is 39.1 Å². The third-order valence-corrected chi connectivity index (χ3v) is 4.05. The van der Waals surface area contributed by atoms with Crippen LogP contribution in [0.15, 0.2) is 24.3 Å². The van der Waals surface area contributed by atoms with Crippen LogP contribution in [-0.2, 0) is 4.79 Å². The van der Waals surface area contributed by atoms with Crippen molar-refractivity contribution in [3.63, 3.8) is 0 Å². The summed E-state index contributed by atoms with van der Waals surface area (Å²) in [5.41, 5.74) is 0.449. The molecule has 0 aliphatic carbocycles. The Morgan fingerprint density at radius 2 is 2.08 bits per heavy atom. The Morgan fingerprint density at radius 1 is 1.38 bits per heavy atom. The minimum absolute atomic E-state index is 0.00603. The molecule has 0 saturated carbocycles. The zero-order valence-electron chi connectivity index (χ0n) is 14.0. The number of benzene rings is 1. The number of hydrogen-bond donors (Lipinski definition) is 2. The molecule has 1 aromatic rings. The van der Waals surface area contributed by atoms with Crippen LogP contribution in [0.3, 0.4) is 0 Å². The number of carbonyl (C=O) groups excluding carboxylic acids is 1. The lowest BCUT2D eigenvalue weighted by molar-refractivity contribution is -0.384. The van der Waals surface area contributed by atoms with E-state index in [0.29, 0.717) is 12.2 Å². The van der Waals surface area contributed by atoms with Crippen LogP contribution in [-0.4, -0.2) is 68.6 Å². The molecule has 1 aliphatic rings. The second-order valence-corrected chi connectivity index (χ2v) is 5.90. The number of nitro groups is 1. The van der Waals surface area contributed by atoms with Gasteiger partial charge in [0.15, 0.2) is 0 Å². The van der Waals surface area contributed by atoms with Gasteiger partial charge in [-0.1, -0.05) is 12.1 Å². The predicted molar refractivity (Wildman–Crippen MR) is 93.3 cm³/mol. The van der Waals surface area contributed by atoms with Crippen LogP contribution >= 0.6 is 0 Å². The maximum Gasteiger partial charge on any atom is 0.292 e. The van der Waals surface area contributed by atoms with Crippen LogP contribution in [0.2, 0.25) is 0 Å². The largest absolute Gasteiger partial charge is 0.360 e. The van der Waals surface area contributed by atoms with Gasteiger partial charge in [0.25, 0.3) is 5.69 Å². The van der Waals surface area contributed by atoms with Crippen LogP contribution in [0.1, 0.15) is 6.42 Å². The SMILES string of the molecule is CN(CC(=O)NCCCN1CCNCC1)c1ccccc1[N+](=O)[O-]. The van der Waals surface area contributed by atoms with Gasteiger partial charge in [-0.15, -0.1) is 0 Å². The van der Waals surface area contributed by atoms with E-state index in [4.69, 9.17) is 0 Å². The Balaban J connectivity index is 1.72. The number of nitrogens with zero attached hydrogens (tertiary/aromatic N) is 3. The first kappa shape index (κ1) is 18.2. The van der Waals surface area contributed by atoms with E-state index in [2.05, 4.69) is 15.5 Å². The minimum atomic E-state index is -0.433. The standard InChI is InChI=1S/C16H25N5O3/c1-19(14-5-2-3-6-15(14)21(23)24)13-16(22)18-7-4-10-20-11-8-17-9-12-20/h2-3,5-6,17H,4,7-13H2,1H3,(H,18,22). The van der Waals surface area contributed by atoms with Crippen molar-refractivity contribution in [2.45, 2.75) is 6.42 Å². The lowest BCUT2D eigenvalue weighted by Crippen LogP contribution is -2.44. The van der Waals surface area contributed by atoms with Gasteiger partial charge < -0.3 is 20.4 Å². The van der Waals surface area contributed by atoms with Crippen molar-refractivity contribution < 1.29 is 9.72 Å². The fraction of sp³-hybridized carbons (Fsp3) is 0.562. The van der Waals surface area contributed by atoms with Crippen LogP contribution in [0.4, 0.5) is 11.4 Å². The highest BCUT2D eigenvalue weighted by Crippen LogP contribution is 2.26. The molecule has 2 rings (SSSR count). The lowest BCUT2D eigenvalue weighted by Gasteiger charge is -2.27. The first-order chi connectivity index (χ1) is 11.6. The Morgan fingerprint density at radius 3 is 2.79 bits per heavy atom. The Bertz CT molecular complexity index is 560. The normalized spacial score (nSPS) is 15.0. The summed E-state index contributed by atoms with van der Waals surface area (Å²) in [6.45, 7) is 5.83. The molecule has 2 N–H and O–H groups in total. The number of hydrogen-bond acceptors (Lipinski definition) is 6. The summed E-state index contributed by atoms with van der Waals surface area (Å²) in [7, 11) is 1.68. The molecule has 0 spiro atoms. The molecule has 0 radical (unpaired) electrons. The van der Waals surface area contributed by atoms with Crippen molar-refractivity contribution >= 4 is 17.3 Å². The summed E-state index contributed by atoms with van der Waals surface area (Å²) in [4.78, 5) is 26.6. The Kier molecular flexibility index (Phi) is 6.95. The van der Waals surface area contributed by atoms with Gasteiger partial charge in [-0.05, 0) is 19.0 Å². The molecule has 1 saturated heterocycles. The summed E-state index contributed by atoms with van der Waals surface area (Å²) in [5, 5.41) is 17.2. The molecule has 132 valence electrons. The number of para-hydroxylation sites is 2. The Hall–Kier alpha value is -2.19. The third-order valence-electron chi connectivity index (χ3n) is 4.05. The molecule has 1 aromatic carbocycles. The monoisotopic (exact) mass is 335 g/mol. The van der Waals surface area contributed by atoms with Crippen molar-refractivity contribution in [1.82, 2.24) is 15.5 Å². The number of nitrogens with one attached hydrogen (secondary N) is 2. The second-order valence-electron chi connectivity index (χ2n) is 5.90. The fourth-order valence-electron chi connectivity index (χ4n) is 2.76. The average molecular weight is 335 g/mol. The van der Waals surface area contributed by atoms with Gasteiger partial charge in [-0.25, -0.2) is 0 Å². The molecule has 0 unspecified atom stereocenters. The van der Waals surface area contributed by atoms with E-state index in [9.17, 15) is 14.9 Å². The lowest BCUT2D eigenvalue weighted by atomic mass is 10.2. The quantitative estimate of drug-likeness (QED) is 0.407. The number of rotatable bonds is 8. The molecule has 1 fully saturated rings. The molecule has 0 atom stereocenters. The van der Waals surface area contributed by atoms with E-state index >= 15 is 0 Å². The van der Waals surface area contributed by atoms with E-state index in [1.165, 1.54) is 6.07 Å². The third kappa shape index (κ3) is 5.47. The average Bonchev–Trinajstić information content (AvgIpc) is 2.59.